The number of ether oxygens (including phenoxy) is 2. The predicted octanol–water partition coefficient (Wildman–Crippen LogP) is 3.25. The quantitative estimate of drug-likeness (QED) is 0.835. The Labute approximate surface area is 147 Å². The van der Waals surface area contributed by atoms with Crippen molar-refractivity contribution in [2.75, 3.05) is 26.8 Å². The minimum absolute atomic E-state index is 0.344. The van der Waals surface area contributed by atoms with Crippen molar-refractivity contribution in [3.63, 3.8) is 0 Å². The molecule has 0 saturated carbocycles. The summed E-state index contributed by atoms with van der Waals surface area (Å²) in [4.78, 5) is 3.83. The van der Waals surface area contributed by atoms with E-state index in [-0.39, 0.29) is 0 Å². The third-order valence-corrected chi connectivity index (χ3v) is 5.56. The van der Waals surface area contributed by atoms with E-state index in [1.54, 1.807) is 7.11 Å². The number of nitrogens with zero attached hydrogens (tertiary/aromatic N) is 1. The van der Waals surface area contributed by atoms with Crippen LogP contribution in [-0.2, 0) is 17.8 Å². The van der Waals surface area contributed by atoms with Gasteiger partial charge in [-0.1, -0.05) is 12.1 Å². The molecule has 1 aliphatic rings. The van der Waals surface area contributed by atoms with E-state index < -0.39 is 6.10 Å². The van der Waals surface area contributed by atoms with Crippen molar-refractivity contribution < 1.29 is 14.6 Å². The van der Waals surface area contributed by atoms with Crippen LogP contribution in [0.3, 0.4) is 0 Å². The lowest BCUT2D eigenvalue weighted by molar-refractivity contribution is 0.00222. The smallest absolute Gasteiger partial charge is 0.119 e. The fourth-order valence-electron chi connectivity index (χ4n) is 3.21. The first-order chi connectivity index (χ1) is 11.7. The number of fused-ring (bicyclic) bond motifs is 1. The molecule has 1 aliphatic heterocycles. The van der Waals surface area contributed by atoms with Crippen LogP contribution in [0.2, 0.25) is 0 Å². The van der Waals surface area contributed by atoms with Gasteiger partial charge in [-0.25, -0.2) is 0 Å². The van der Waals surface area contributed by atoms with Crippen LogP contribution in [-0.4, -0.2) is 42.9 Å². The van der Waals surface area contributed by atoms with Gasteiger partial charge in [-0.05, 0) is 48.1 Å². The standard InChI is InChI=1S/C19H25NO3S/c1-14-18-7-9-24-19(18)6-8-20(14)11-16(21)13-23-12-15-4-3-5-17(10-15)22-2/h3-5,7,9-10,14,16,21H,6,8,11-13H2,1-2H3. The number of thiophene rings is 1. The van der Waals surface area contributed by atoms with Gasteiger partial charge in [0, 0.05) is 24.0 Å². The first-order valence-corrected chi connectivity index (χ1v) is 9.24. The van der Waals surface area contributed by atoms with Crippen molar-refractivity contribution in [1.29, 1.82) is 0 Å². The molecule has 1 N–H and O–H groups in total. The number of rotatable bonds is 7. The zero-order valence-electron chi connectivity index (χ0n) is 14.3. The number of methoxy groups -OCH3 is 1. The molecule has 4 nitrogen and oxygen atoms in total. The lowest BCUT2D eigenvalue weighted by Crippen LogP contribution is -2.40. The maximum absolute atomic E-state index is 10.3. The molecular weight excluding hydrogens is 322 g/mol. The summed E-state index contributed by atoms with van der Waals surface area (Å²) in [5, 5.41) is 12.5. The summed E-state index contributed by atoms with van der Waals surface area (Å²) in [5.41, 5.74) is 2.46. The third kappa shape index (κ3) is 4.16. The van der Waals surface area contributed by atoms with Gasteiger partial charge in [0.2, 0.25) is 0 Å². The second-order valence-electron chi connectivity index (χ2n) is 6.24. The molecule has 24 heavy (non-hydrogen) atoms. The van der Waals surface area contributed by atoms with Crippen molar-refractivity contribution in [1.82, 2.24) is 4.90 Å². The van der Waals surface area contributed by atoms with Crippen molar-refractivity contribution in [3.8, 4) is 5.75 Å². The van der Waals surface area contributed by atoms with Crippen LogP contribution in [0.15, 0.2) is 35.7 Å². The van der Waals surface area contributed by atoms with E-state index in [0.717, 1.165) is 24.3 Å². The van der Waals surface area contributed by atoms with Gasteiger partial charge in [0.25, 0.3) is 0 Å². The summed E-state index contributed by atoms with van der Waals surface area (Å²) in [5.74, 6) is 0.824. The molecule has 130 valence electrons. The number of hydrogen-bond acceptors (Lipinski definition) is 5. The molecule has 5 heteroatoms. The topological polar surface area (TPSA) is 41.9 Å². The van der Waals surface area contributed by atoms with Gasteiger partial charge in [-0.2, -0.15) is 0 Å². The van der Waals surface area contributed by atoms with Gasteiger partial charge in [0.05, 0.1) is 26.4 Å². The van der Waals surface area contributed by atoms with E-state index in [1.165, 1.54) is 10.4 Å². The van der Waals surface area contributed by atoms with Crippen molar-refractivity contribution >= 4 is 11.3 Å². The molecule has 0 saturated heterocycles. The van der Waals surface area contributed by atoms with Crippen LogP contribution in [0, 0.1) is 0 Å². The molecule has 0 aliphatic carbocycles. The van der Waals surface area contributed by atoms with Gasteiger partial charge in [0.15, 0.2) is 0 Å². The average molecular weight is 347 g/mol. The molecule has 3 rings (SSSR count). The summed E-state index contributed by atoms with van der Waals surface area (Å²) in [6.07, 6.45) is 0.604. The van der Waals surface area contributed by atoms with E-state index in [2.05, 4.69) is 23.3 Å². The second-order valence-corrected chi connectivity index (χ2v) is 7.24. The summed E-state index contributed by atoms with van der Waals surface area (Å²) in [6.45, 7) is 4.69. The molecule has 1 aromatic carbocycles. The largest absolute Gasteiger partial charge is 0.497 e. The Bertz CT molecular complexity index is 658. The molecule has 0 fully saturated rings. The highest BCUT2D eigenvalue weighted by atomic mass is 32.1. The average Bonchev–Trinajstić information content (AvgIpc) is 3.07. The second kappa shape index (κ2) is 8.12. The highest BCUT2D eigenvalue weighted by molar-refractivity contribution is 7.10. The van der Waals surface area contributed by atoms with Crippen LogP contribution >= 0.6 is 11.3 Å². The fraction of sp³-hybridized carbons (Fsp3) is 0.474. The minimum Gasteiger partial charge on any atom is -0.497 e. The monoisotopic (exact) mass is 347 g/mol. The molecule has 2 heterocycles. The molecular formula is C19H25NO3S. The Morgan fingerprint density at radius 1 is 1.38 bits per heavy atom. The number of benzene rings is 1. The Balaban J connectivity index is 1.45. The van der Waals surface area contributed by atoms with Crippen LogP contribution in [0.4, 0.5) is 0 Å². The Kier molecular flexibility index (Phi) is 5.89. The number of β-amino-alcohol motifs (C(OH)–C–C–N with tert-alkyl or cyclic N) is 1. The maximum atomic E-state index is 10.3. The molecule has 1 aromatic heterocycles. The van der Waals surface area contributed by atoms with Crippen molar-refractivity contribution in [2.24, 2.45) is 0 Å². The molecule has 0 spiro atoms. The molecule has 2 atom stereocenters. The minimum atomic E-state index is -0.474. The molecule has 2 unspecified atom stereocenters. The van der Waals surface area contributed by atoms with Crippen LogP contribution < -0.4 is 4.74 Å². The Morgan fingerprint density at radius 3 is 3.08 bits per heavy atom. The number of hydrogen-bond donors (Lipinski definition) is 1. The lowest BCUT2D eigenvalue weighted by atomic mass is 10.0. The van der Waals surface area contributed by atoms with E-state index in [9.17, 15) is 5.11 Å². The summed E-state index contributed by atoms with van der Waals surface area (Å²) in [6, 6.07) is 10.4. The van der Waals surface area contributed by atoms with Gasteiger partial charge >= 0.3 is 0 Å². The Hall–Kier alpha value is -1.40. The predicted molar refractivity (Wildman–Crippen MR) is 96.7 cm³/mol. The van der Waals surface area contributed by atoms with Gasteiger partial charge in [-0.15, -0.1) is 11.3 Å². The lowest BCUT2D eigenvalue weighted by Gasteiger charge is -2.34. The zero-order valence-corrected chi connectivity index (χ0v) is 15.1. The SMILES string of the molecule is COc1cccc(COCC(O)CN2CCc3sccc3C2C)c1. The Morgan fingerprint density at radius 2 is 2.25 bits per heavy atom. The van der Waals surface area contributed by atoms with E-state index in [4.69, 9.17) is 9.47 Å². The first kappa shape index (κ1) is 17.4. The van der Waals surface area contributed by atoms with E-state index in [1.807, 2.05) is 35.6 Å². The van der Waals surface area contributed by atoms with Crippen LogP contribution in [0.1, 0.15) is 29.0 Å². The summed E-state index contributed by atoms with van der Waals surface area (Å²) >= 11 is 1.84. The molecule has 0 amide bonds. The normalized spacial score (nSPS) is 19.0. The fourth-order valence-corrected chi connectivity index (χ4v) is 4.17. The third-order valence-electron chi connectivity index (χ3n) is 4.56. The maximum Gasteiger partial charge on any atom is 0.119 e. The van der Waals surface area contributed by atoms with Crippen molar-refractivity contribution in [3.05, 3.63) is 51.7 Å². The molecule has 0 bridgehead atoms. The highest BCUT2D eigenvalue weighted by Crippen LogP contribution is 2.32. The highest BCUT2D eigenvalue weighted by Gasteiger charge is 2.26. The van der Waals surface area contributed by atoms with Crippen molar-refractivity contribution in [2.45, 2.75) is 32.1 Å². The number of aliphatic hydroxyl groups excluding tert-OH is 1. The molecule has 0 radical (unpaired) electrons. The summed E-state index contributed by atoms with van der Waals surface area (Å²) in [7, 11) is 1.66. The van der Waals surface area contributed by atoms with E-state index >= 15 is 0 Å². The first-order valence-electron chi connectivity index (χ1n) is 8.36. The van der Waals surface area contributed by atoms with Gasteiger partial charge < -0.3 is 14.6 Å². The van der Waals surface area contributed by atoms with Gasteiger partial charge in [0.1, 0.15) is 5.75 Å². The van der Waals surface area contributed by atoms with Crippen LogP contribution in [0.25, 0.3) is 0 Å². The van der Waals surface area contributed by atoms with Crippen LogP contribution in [0.5, 0.6) is 5.75 Å². The molecule has 2 aromatic rings. The van der Waals surface area contributed by atoms with E-state index in [0.29, 0.717) is 25.8 Å². The zero-order chi connectivity index (χ0) is 16.9. The summed E-state index contributed by atoms with van der Waals surface area (Å²) < 4.78 is 10.9. The number of aliphatic hydroxyl groups is 1. The van der Waals surface area contributed by atoms with Gasteiger partial charge in [-0.3, -0.25) is 4.90 Å².